The normalized spacial score (nSPS) is 11.2. The Morgan fingerprint density at radius 1 is 1.60 bits per heavy atom. The van der Waals surface area contributed by atoms with E-state index in [4.69, 9.17) is 11.6 Å². The van der Waals surface area contributed by atoms with Crippen LogP contribution in [0.3, 0.4) is 0 Å². The summed E-state index contributed by atoms with van der Waals surface area (Å²) in [5.41, 5.74) is 0.171. The van der Waals surface area contributed by atoms with E-state index in [0.29, 0.717) is 10.8 Å². The van der Waals surface area contributed by atoms with Gasteiger partial charge < -0.3 is 5.32 Å². The van der Waals surface area contributed by atoms with E-state index < -0.39 is 0 Å². The van der Waals surface area contributed by atoms with Gasteiger partial charge >= 0.3 is 0 Å². The number of amides is 1. The fourth-order valence-electron chi connectivity index (χ4n) is 0.931. The first-order valence-electron chi connectivity index (χ1n) is 4.89. The van der Waals surface area contributed by atoms with Crippen LogP contribution in [-0.2, 0) is 4.79 Å². The lowest BCUT2D eigenvalue weighted by molar-refractivity contribution is -0.124. The Balaban J connectivity index is 2.80. The molecule has 0 bridgehead atoms. The molecule has 0 aromatic carbocycles. The lowest BCUT2D eigenvalue weighted by Gasteiger charge is -2.21. The van der Waals surface area contributed by atoms with Gasteiger partial charge in [-0.2, -0.15) is 0 Å². The van der Waals surface area contributed by atoms with Gasteiger partial charge in [-0.05, 0) is 18.6 Å². The van der Waals surface area contributed by atoms with E-state index in [0.717, 1.165) is 6.42 Å². The van der Waals surface area contributed by atoms with Gasteiger partial charge in [0.25, 0.3) is 0 Å². The molecule has 0 spiro atoms. The Morgan fingerprint density at radius 2 is 2.27 bits per heavy atom. The van der Waals surface area contributed by atoms with Crippen molar-refractivity contribution in [3.8, 4) is 0 Å². The van der Waals surface area contributed by atoms with Crippen LogP contribution in [0.2, 0.25) is 5.15 Å². The van der Waals surface area contributed by atoms with E-state index in [1.165, 1.54) is 0 Å². The van der Waals surface area contributed by atoms with Crippen molar-refractivity contribution in [3.63, 3.8) is 0 Å². The highest BCUT2D eigenvalue weighted by Gasteiger charge is 2.25. The molecular formula is C11H15ClN2O. The molecule has 1 rings (SSSR count). The van der Waals surface area contributed by atoms with Crippen LogP contribution in [0.25, 0.3) is 0 Å². The zero-order valence-corrected chi connectivity index (χ0v) is 9.93. The molecule has 0 saturated carbocycles. The zero-order chi connectivity index (χ0) is 11.5. The molecule has 1 aromatic heterocycles. The number of rotatable bonds is 3. The summed E-state index contributed by atoms with van der Waals surface area (Å²) < 4.78 is 0. The van der Waals surface area contributed by atoms with Crippen LogP contribution in [-0.4, -0.2) is 10.9 Å². The molecule has 0 fully saturated rings. The molecule has 1 amide bonds. The summed E-state index contributed by atoms with van der Waals surface area (Å²) in [6, 6.07) is 3.47. The van der Waals surface area contributed by atoms with Crippen LogP contribution in [0, 0.1) is 5.41 Å². The van der Waals surface area contributed by atoms with E-state index in [9.17, 15) is 4.79 Å². The summed E-state index contributed by atoms with van der Waals surface area (Å²) in [4.78, 5) is 15.7. The minimum atomic E-state index is -0.390. The smallest absolute Gasteiger partial charge is 0.230 e. The Kier molecular flexibility index (Phi) is 3.69. The van der Waals surface area contributed by atoms with Gasteiger partial charge in [0.2, 0.25) is 5.91 Å². The van der Waals surface area contributed by atoms with Crippen molar-refractivity contribution >= 4 is 23.2 Å². The predicted octanol–water partition coefficient (Wildman–Crippen LogP) is 3.11. The number of aromatic nitrogens is 1. The van der Waals surface area contributed by atoms with Gasteiger partial charge in [-0.1, -0.05) is 32.4 Å². The standard InChI is InChI=1S/C11H15ClN2O/c1-4-11(2,3)10(15)14-8-6-5-7-13-9(8)12/h5-7H,4H2,1-3H3,(H,14,15). The summed E-state index contributed by atoms with van der Waals surface area (Å²) in [6.07, 6.45) is 2.36. The van der Waals surface area contributed by atoms with Gasteiger partial charge in [0.1, 0.15) is 0 Å². The van der Waals surface area contributed by atoms with Gasteiger partial charge in [0.05, 0.1) is 5.69 Å². The Labute approximate surface area is 94.9 Å². The number of anilines is 1. The first-order valence-corrected chi connectivity index (χ1v) is 5.27. The third-order valence-electron chi connectivity index (χ3n) is 2.51. The molecule has 3 nitrogen and oxygen atoms in total. The van der Waals surface area contributed by atoms with Crippen molar-refractivity contribution < 1.29 is 4.79 Å². The van der Waals surface area contributed by atoms with Crippen molar-refractivity contribution in [2.24, 2.45) is 5.41 Å². The second-order valence-corrected chi connectivity index (χ2v) is 4.39. The third kappa shape index (κ3) is 2.93. The Bertz CT molecular complexity index is 363. The van der Waals surface area contributed by atoms with Gasteiger partial charge in [0.15, 0.2) is 5.15 Å². The van der Waals surface area contributed by atoms with Crippen molar-refractivity contribution in [1.82, 2.24) is 4.98 Å². The molecule has 0 aliphatic carbocycles. The number of halogens is 1. The maximum absolute atomic E-state index is 11.8. The third-order valence-corrected chi connectivity index (χ3v) is 2.81. The molecule has 0 unspecified atom stereocenters. The molecular weight excluding hydrogens is 212 g/mol. The summed E-state index contributed by atoms with van der Waals surface area (Å²) in [5.74, 6) is -0.0418. The number of nitrogens with one attached hydrogen (secondary N) is 1. The second-order valence-electron chi connectivity index (χ2n) is 4.03. The molecule has 4 heteroatoms. The first kappa shape index (κ1) is 12.0. The highest BCUT2D eigenvalue weighted by atomic mass is 35.5. The molecule has 0 radical (unpaired) electrons. The van der Waals surface area contributed by atoms with Crippen molar-refractivity contribution in [2.45, 2.75) is 27.2 Å². The average molecular weight is 227 g/mol. The van der Waals surface area contributed by atoms with E-state index in [1.807, 2.05) is 20.8 Å². The Morgan fingerprint density at radius 3 is 2.80 bits per heavy atom. The molecule has 0 saturated heterocycles. The first-order chi connectivity index (χ1) is 6.97. The molecule has 1 N–H and O–H groups in total. The summed E-state index contributed by atoms with van der Waals surface area (Å²) in [6.45, 7) is 5.77. The highest BCUT2D eigenvalue weighted by Crippen LogP contribution is 2.24. The molecule has 82 valence electrons. The van der Waals surface area contributed by atoms with Crippen LogP contribution >= 0.6 is 11.6 Å². The van der Waals surface area contributed by atoms with E-state index in [2.05, 4.69) is 10.3 Å². The summed E-state index contributed by atoms with van der Waals surface area (Å²) >= 11 is 5.84. The van der Waals surface area contributed by atoms with E-state index >= 15 is 0 Å². The molecule has 1 heterocycles. The monoisotopic (exact) mass is 226 g/mol. The number of pyridine rings is 1. The summed E-state index contributed by atoms with van der Waals surface area (Å²) in [7, 11) is 0. The van der Waals surface area contributed by atoms with Gasteiger partial charge in [-0.3, -0.25) is 4.79 Å². The molecule has 15 heavy (non-hydrogen) atoms. The number of hydrogen-bond acceptors (Lipinski definition) is 2. The average Bonchev–Trinajstić information content (AvgIpc) is 2.21. The SMILES string of the molecule is CCC(C)(C)C(=O)Nc1cccnc1Cl. The molecule has 0 atom stereocenters. The van der Waals surface area contributed by atoms with Gasteiger partial charge in [0, 0.05) is 11.6 Å². The maximum atomic E-state index is 11.8. The number of carbonyl (C=O) groups excluding carboxylic acids is 1. The predicted molar refractivity (Wildman–Crippen MR) is 61.9 cm³/mol. The Hall–Kier alpha value is -1.09. The molecule has 0 aliphatic rings. The van der Waals surface area contributed by atoms with Crippen LogP contribution in [0.5, 0.6) is 0 Å². The highest BCUT2D eigenvalue weighted by molar-refractivity contribution is 6.32. The zero-order valence-electron chi connectivity index (χ0n) is 9.17. The van der Waals surface area contributed by atoms with Crippen molar-refractivity contribution in [3.05, 3.63) is 23.5 Å². The number of nitrogens with zero attached hydrogens (tertiary/aromatic N) is 1. The number of carbonyl (C=O) groups is 1. The minimum Gasteiger partial charge on any atom is -0.323 e. The van der Waals surface area contributed by atoms with Crippen molar-refractivity contribution in [1.29, 1.82) is 0 Å². The quantitative estimate of drug-likeness (QED) is 0.805. The molecule has 1 aromatic rings. The lowest BCUT2D eigenvalue weighted by atomic mass is 9.89. The van der Waals surface area contributed by atoms with Crippen LogP contribution in [0.1, 0.15) is 27.2 Å². The van der Waals surface area contributed by atoms with Crippen LogP contribution in [0.4, 0.5) is 5.69 Å². The van der Waals surface area contributed by atoms with Crippen molar-refractivity contribution in [2.75, 3.05) is 5.32 Å². The van der Waals surface area contributed by atoms with Gasteiger partial charge in [-0.15, -0.1) is 0 Å². The van der Waals surface area contributed by atoms with Crippen LogP contribution in [0.15, 0.2) is 18.3 Å². The largest absolute Gasteiger partial charge is 0.323 e. The minimum absolute atomic E-state index is 0.0418. The van der Waals surface area contributed by atoms with Crippen LogP contribution < -0.4 is 5.32 Å². The fraction of sp³-hybridized carbons (Fsp3) is 0.455. The topological polar surface area (TPSA) is 42.0 Å². The van der Waals surface area contributed by atoms with E-state index in [1.54, 1.807) is 18.3 Å². The van der Waals surface area contributed by atoms with E-state index in [-0.39, 0.29) is 11.3 Å². The molecule has 0 aliphatic heterocycles. The van der Waals surface area contributed by atoms with Gasteiger partial charge in [-0.25, -0.2) is 4.98 Å². The maximum Gasteiger partial charge on any atom is 0.230 e. The second kappa shape index (κ2) is 4.62. The number of hydrogen-bond donors (Lipinski definition) is 1. The fourth-order valence-corrected chi connectivity index (χ4v) is 1.10. The summed E-state index contributed by atoms with van der Waals surface area (Å²) in [5, 5.41) is 3.09. The lowest BCUT2D eigenvalue weighted by Crippen LogP contribution is -2.30.